The van der Waals surface area contributed by atoms with Gasteiger partial charge in [-0.25, -0.2) is 0 Å². The van der Waals surface area contributed by atoms with Gasteiger partial charge < -0.3 is 15.0 Å². The van der Waals surface area contributed by atoms with Crippen LogP contribution < -0.4 is 5.32 Å². The van der Waals surface area contributed by atoms with Crippen molar-refractivity contribution in [3.8, 4) is 0 Å². The van der Waals surface area contributed by atoms with Crippen LogP contribution in [0.1, 0.15) is 46.0 Å². The lowest BCUT2D eigenvalue weighted by molar-refractivity contribution is -0.153. The molecule has 1 unspecified atom stereocenters. The van der Waals surface area contributed by atoms with Crippen LogP contribution in [-0.4, -0.2) is 49.6 Å². The van der Waals surface area contributed by atoms with E-state index in [9.17, 15) is 9.59 Å². The van der Waals surface area contributed by atoms with Crippen molar-refractivity contribution in [1.82, 2.24) is 10.2 Å². The van der Waals surface area contributed by atoms with E-state index in [2.05, 4.69) is 12.2 Å². The van der Waals surface area contributed by atoms with Gasteiger partial charge in [0.1, 0.15) is 0 Å². The Morgan fingerprint density at radius 1 is 1.29 bits per heavy atom. The highest BCUT2D eigenvalue weighted by Crippen LogP contribution is 2.34. The van der Waals surface area contributed by atoms with E-state index in [1.54, 1.807) is 0 Å². The molecule has 2 saturated heterocycles. The number of nitrogens with zero attached hydrogens (tertiary/aromatic N) is 1. The minimum atomic E-state index is -0.203. The molecule has 1 amide bonds. The van der Waals surface area contributed by atoms with Crippen LogP contribution in [0.4, 0.5) is 0 Å². The van der Waals surface area contributed by atoms with Crippen molar-refractivity contribution in [3.05, 3.63) is 0 Å². The molecule has 21 heavy (non-hydrogen) atoms. The first-order valence-electron chi connectivity index (χ1n) is 8.29. The van der Waals surface area contributed by atoms with E-state index in [1.165, 1.54) is 0 Å². The standard InChI is InChI=1S/C16H28N2O3/c1-3-7-16(8-9-17-12-16)15(20)18-10-5-13(6-11-18)14(19)21-4-2/h13,17H,3-12H2,1-2H3. The molecule has 1 atom stereocenters. The number of nitrogens with one attached hydrogen (secondary N) is 1. The Hall–Kier alpha value is -1.10. The molecule has 120 valence electrons. The minimum absolute atomic E-state index is 0.0298. The van der Waals surface area contributed by atoms with Crippen LogP contribution >= 0.6 is 0 Å². The Bertz CT molecular complexity index is 370. The quantitative estimate of drug-likeness (QED) is 0.782. The highest BCUT2D eigenvalue weighted by molar-refractivity contribution is 5.84. The summed E-state index contributed by atoms with van der Waals surface area (Å²) in [5.74, 6) is 0.157. The molecule has 2 heterocycles. The topological polar surface area (TPSA) is 58.6 Å². The fourth-order valence-corrected chi connectivity index (χ4v) is 3.64. The van der Waals surface area contributed by atoms with Crippen LogP contribution in [0, 0.1) is 11.3 Å². The largest absolute Gasteiger partial charge is 0.466 e. The third-order valence-corrected chi connectivity index (χ3v) is 4.83. The maximum absolute atomic E-state index is 12.9. The maximum Gasteiger partial charge on any atom is 0.309 e. The summed E-state index contributed by atoms with van der Waals surface area (Å²) in [7, 11) is 0. The first-order chi connectivity index (χ1) is 10.1. The number of ether oxygens (including phenoxy) is 1. The van der Waals surface area contributed by atoms with Crippen molar-refractivity contribution in [2.75, 3.05) is 32.8 Å². The van der Waals surface area contributed by atoms with Crippen LogP contribution in [0.2, 0.25) is 0 Å². The lowest BCUT2D eigenvalue weighted by Crippen LogP contribution is -2.49. The summed E-state index contributed by atoms with van der Waals surface area (Å²) in [5, 5.41) is 3.34. The SMILES string of the molecule is CCCC1(C(=O)N2CCC(C(=O)OCC)CC2)CCNC1. The number of rotatable bonds is 5. The van der Waals surface area contributed by atoms with Gasteiger partial charge in [0.2, 0.25) is 5.91 Å². The van der Waals surface area contributed by atoms with Gasteiger partial charge in [-0.15, -0.1) is 0 Å². The summed E-state index contributed by atoms with van der Waals surface area (Å²) in [5.41, 5.74) is -0.203. The summed E-state index contributed by atoms with van der Waals surface area (Å²) in [6.45, 7) is 7.52. The summed E-state index contributed by atoms with van der Waals surface area (Å²) in [4.78, 5) is 26.6. The average Bonchev–Trinajstić information content (AvgIpc) is 2.97. The van der Waals surface area contributed by atoms with E-state index < -0.39 is 0 Å². The van der Waals surface area contributed by atoms with Crippen molar-refractivity contribution >= 4 is 11.9 Å². The number of piperidine rings is 1. The number of esters is 1. The predicted molar refractivity (Wildman–Crippen MR) is 80.8 cm³/mol. The van der Waals surface area contributed by atoms with Gasteiger partial charge in [0.15, 0.2) is 0 Å². The third-order valence-electron chi connectivity index (χ3n) is 4.83. The van der Waals surface area contributed by atoms with E-state index in [-0.39, 0.29) is 23.2 Å². The molecule has 0 aromatic carbocycles. The van der Waals surface area contributed by atoms with E-state index >= 15 is 0 Å². The number of hydrogen-bond acceptors (Lipinski definition) is 4. The molecule has 2 rings (SSSR count). The van der Waals surface area contributed by atoms with Gasteiger partial charge in [0.05, 0.1) is 17.9 Å². The van der Waals surface area contributed by atoms with Gasteiger partial charge in [0, 0.05) is 19.6 Å². The van der Waals surface area contributed by atoms with Crippen LogP contribution in [0.3, 0.4) is 0 Å². The summed E-state index contributed by atoms with van der Waals surface area (Å²) >= 11 is 0. The van der Waals surface area contributed by atoms with E-state index in [0.717, 1.165) is 45.2 Å². The lowest BCUT2D eigenvalue weighted by atomic mass is 9.80. The number of likely N-dealkylation sites (tertiary alicyclic amines) is 1. The molecule has 2 aliphatic rings. The van der Waals surface area contributed by atoms with Crippen LogP contribution in [-0.2, 0) is 14.3 Å². The van der Waals surface area contributed by atoms with Crippen molar-refractivity contribution in [3.63, 3.8) is 0 Å². The number of amides is 1. The highest BCUT2D eigenvalue weighted by Gasteiger charge is 2.43. The van der Waals surface area contributed by atoms with Gasteiger partial charge in [-0.2, -0.15) is 0 Å². The van der Waals surface area contributed by atoms with Gasteiger partial charge in [-0.1, -0.05) is 13.3 Å². The van der Waals surface area contributed by atoms with Crippen LogP contribution in [0.15, 0.2) is 0 Å². The fourth-order valence-electron chi connectivity index (χ4n) is 3.64. The molecule has 5 nitrogen and oxygen atoms in total. The van der Waals surface area contributed by atoms with Gasteiger partial charge >= 0.3 is 5.97 Å². The highest BCUT2D eigenvalue weighted by atomic mass is 16.5. The predicted octanol–water partition coefficient (Wildman–Crippen LogP) is 1.57. The Balaban J connectivity index is 1.92. The van der Waals surface area contributed by atoms with E-state index in [1.807, 2.05) is 11.8 Å². The molecule has 0 saturated carbocycles. The molecule has 1 N–H and O–H groups in total. The molecule has 2 fully saturated rings. The maximum atomic E-state index is 12.9. The summed E-state index contributed by atoms with van der Waals surface area (Å²) in [6, 6.07) is 0. The first kappa shape index (κ1) is 16.3. The molecule has 5 heteroatoms. The van der Waals surface area contributed by atoms with E-state index in [0.29, 0.717) is 19.7 Å². The zero-order chi connectivity index (χ0) is 15.3. The Kier molecular flexibility index (Phi) is 5.62. The fraction of sp³-hybridized carbons (Fsp3) is 0.875. The van der Waals surface area contributed by atoms with Crippen molar-refractivity contribution in [2.24, 2.45) is 11.3 Å². The number of carbonyl (C=O) groups is 2. The van der Waals surface area contributed by atoms with Crippen molar-refractivity contribution in [2.45, 2.75) is 46.0 Å². The first-order valence-corrected chi connectivity index (χ1v) is 8.29. The second-order valence-corrected chi connectivity index (χ2v) is 6.28. The lowest BCUT2D eigenvalue weighted by Gasteiger charge is -2.37. The minimum Gasteiger partial charge on any atom is -0.466 e. The van der Waals surface area contributed by atoms with Crippen molar-refractivity contribution < 1.29 is 14.3 Å². The number of carbonyl (C=O) groups excluding carboxylic acids is 2. The van der Waals surface area contributed by atoms with Gasteiger partial charge in [-0.05, 0) is 39.2 Å². The molecule has 0 radical (unpaired) electrons. The normalized spacial score (nSPS) is 26.9. The van der Waals surface area contributed by atoms with E-state index in [4.69, 9.17) is 4.74 Å². The monoisotopic (exact) mass is 296 g/mol. The molecule has 0 spiro atoms. The second-order valence-electron chi connectivity index (χ2n) is 6.28. The van der Waals surface area contributed by atoms with Crippen LogP contribution in [0.5, 0.6) is 0 Å². The number of hydrogen-bond donors (Lipinski definition) is 1. The molecular formula is C16H28N2O3. The summed E-state index contributed by atoms with van der Waals surface area (Å²) in [6.07, 6.45) is 4.40. The molecular weight excluding hydrogens is 268 g/mol. The smallest absolute Gasteiger partial charge is 0.309 e. The van der Waals surface area contributed by atoms with Crippen LogP contribution in [0.25, 0.3) is 0 Å². The third kappa shape index (κ3) is 3.57. The summed E-state index contributed by atoms with van der Waals surface area (Å²) < 4.78 is 5.08. The molecule has 0 aliphatic carbocycles. The molecule has 0 aromatic heterocycles. The molecule has 0 bridgehead atoms. The Morgan fingerprint density at radius 3 is 2.52 bits per heavy atom. The Morgan fingerprint density at radius 2 is 2.00 bits per heavy atom. The molecule has 0 aromatic rings. The van der Waals surface area contributed by atoms with Crippen molar-refractivity contribution in [1.29, 1.82) is 0 Å². The second kappa shape index (κ2) is 7.25. The zero-order valence-electron chi connectivity index (χ0n) is 13.3. The zero-order valence-corrected chi connectivity index (χ0v) is 13.3. The molecule has 2 aliphatic heterocycles. The van der Waals surface area contributed by atoms with Gasteiger partial charge in [0.25, 0.3) is 0 Å². The average molecular weight is 296 g/mol. The van der Waals surface area contributed by atoms with Gasteiger partial charge in [-0.3, -0.25) is 9.59 Å². The Labute approximate surface area is 127 Å².